The van der Waals surface area contributed by atoms with Gasteiger partial charge in [-0.1, -0.05) is 6.92 Å². The number of ether oxygens (including phenoxy) is 1. The molecule has 0 aromatic heterocycles. The Hall–Kier alpha value is -0.480. The summed E-state index contributed by atoms with van der Waals surface area (Å²) in [6.07, 6.45) is 2.49. The summed E-state index contributed by atoms with van der Waals surface area (Å²) in [4.78, 5) is 13.8. The van der Waals surface area contributed by atoms with Gasteiger partial charge in [-0.05, 0) is 40.0 Å². The minimum absolute atomic E-state index is 0. The van der Waals surface area contributed by atoms with Crippen LogP contribution >= 0.6 is 12.4 Å². The van der Waals surface area contributed by atoms with Crippen molar-refractivity contribution in [2.75, 3.05) is 6.54 Å². The summed E-state index contributed by atoms with van der Waals surface area (Å²) in [6.45, 7) is 8.47. The second-order valence-corrected chi connectivity index (χ2v) is 5.52. The molecule has 2 N–H and O–H groups in total. The number of carbonyl (C=O) groups is 1. The highest BCUT2D eigenvalue weighted by Gasteiger charge is 2.31. The molecule has 0 aromatic rings. The van der Waals surface area contributed by atoms with E-state index in [9.17, 15) is 4.79 Å². The van der Waals surface area contributed by atoms with Gasteiger partial charge in [0.1, 0.15) is 5.60 Å². The highest BCUT2D eigenvalue weighted by Crippen LogP contribution is 2.21. The van der Waals surface area contributed by atoms with Gasteiger partial charge in [0.2, 0.25) is 0 Å². The van der Waals surface area contributed by atoms with Crippen LogP contribution in [0.15, 0.2) is 0 Å². The minimum atomic E-state index is -0.422. The lowest BCUT2D eigenvalue weighted by molar-refractivity contribution is 0.00790. The Bertz CT molecular complexity index is 253. The first-order valence-electron chi connectivity index (χ1n) is 6.08. The number of halogens is 1. The molecule has 1 aliphatic heterocycles. The van der Waals surface area contributed by atoms with Crippen LogP contribution in [0.5, 0.6) is 0 Å². The van der Waals surface area contributed by atoms with Crippen molar-refractivity contribution in [2.24, 2.45) is 5.73 Å². The van der Waals surface area contributed by atoms with Crippen LogP contribution in [-0.4, -0.2) is 35.2 Å². The standard InChI is InChI=1S/C12H24N2O2.ClH/c1-5-10-8-9(13)6-7-14(10)11(15)16-12(2,3)4;/h9-10H,5-8,13H2,1-4H3;1H/t9-,10-;/m1./s1. The maximum atomic E-state index is 12.0. The molecule has 0 spiro atoms. The zero-order valence-corrected chi connectivity index (χ0v) is 12.0. The van der Waals surface area contributed by atoms with E-state index < -0.39 is 5.60 Å². The molecule has 1 fully saturated rings. The van der Waals surface area contributed by atoms with E-state index in [0.717, 1.165) is 19.3 Å². The molecule has 5 heteroatoms. The summed E-state index contributed by atoms with van der Waals surface area (Å²) in [5.41, 5.74) is 5.49. The molecule has 1 saturated heterocycles. The van der Waals surface area contributed by atoms with Crippen LogP contribution in [0, 0.1) is 0 Å². The second-order valence-electron chi connectivity index (χ2n) is 5.52. The number of likely N-dealkylation sites (tertiary alicyclic amines) is 1. The number of hydrogen-bond donors (Lipinski definition) is 1. The first kappa shape index (κ1) is 16.5. The van der Waals surface area contributed by atoms with E-state index in [2.05, 4.69) is 6.92 Å². The Morgan fingerprint density at radius 2 is 2.06 bits per heavy atom. The molecule has 0 radical (unpaired) electrons. The lowest BCUT2D eigenvalue weighted by Gasteiger charge is -2.38. The molecule has 1 aliphatic rings. The number of hydrogen-bond acceptors (Lipinski definition) is 3. The van der Waals surface area contributed by atoms with Crippen LogP contribution in [0.1, 0.15) is 47.0 Å². The molecular weight excluding hydrogens is 240 g/mol. The molecule has 0 aliphatic carbocycles. The molecule has 2 atom stereocenters. The van der Waals surface area contributed by atoms with E-state index in [0.29, 0.717) is 6.54 Å². The smallest absolute Gasteiger partial charge is 0.410 e. The Morgan fingerprint density at radius 1 is 1.47 bits per heavy atom. The van der Waals surface area contributed by atoms with E-state index >= 15 is 0 Å². The van der Waals surface area contributed by atoms with Crippen LogP contribution in [0.25, 0.3) is 0 Å². The van der Waals surface area contributed by atoms with Crippen LogP contribution < -0.4 is 5.73 Å². The molecule has 0 bridgehead atoms. The number of nitrogens with two attached hydrogens (primary N) is 1. The third-order valence-electron chi connectivity index (χ3n) is 2.86. The summed E-state index contributed by atoms with van der Waals surface area (Å²) in [5.74, 6) is 0. The highest BCUT2D eigenvalue weighted by molar-refractivity contribution is 5.85. The lowest BCUT2D eigenvalue weighted by Crippen LogP contribution is -2.50. The van der Waals surface area contributed by atoms with E-state index in [-0.39, 0.29) is 30.6 Å². The van der Waals surface area contributed by atoms with Gasteiger partial charge in [-0.3, -0.25) is 0 Å². The number of piperidine rings is 1. The molecule has 1 amide bonds. The minimum Gasteiger partial charge on any atom is -0.444 e. The van der Waals surface area contributed by atoms with Crippen molar-refractivity contribution in [1.29, 1.82) is 0 Å². The highest BCUT2D eigenvalue weighted by atomic mass is 35.5. The SMILES string of the molecule is CC[C@@H]1C[C@H](N)CCN1C(=O)OC(C)(C)C.Cl. The maximum Gasteiger partial charge on any atom is 0.410 e. The van der Waals surface area contributed by atoms with Crippen molar-refractivity contribution in [3.63, 3.8) is 0 Å². The fraction of sp³-hybridized carbons (Fsp3) is 0.917. The summed E-state index contributed by atoms with van der Waals surface area (Å²) in [7, 11) is 0. The molecule has 17 heavy (non-hydrogen) atoms. The Balaban J connectivity index is 0.00000256. The summed E-state index contributed by atoms with van der Waals surface area (Å²) in [5, 5.41) is 0. The van der Waals surface area contributed by atoms with Crippen molar-refractivity contribution in [1.82, 2.24) is 4.90 Å². The third-order valence-corrected chi connectivity index (χ3v) is 2.86. The lowest BCUT2D eigenvalue weighted by atomic mass is 9.96. The molecular formula is C12H25ClN2O2. The van der Waals surface area contributed by atoms with Gasteiger partial charge in [0.15, 0.2) is 0 Å². The average Bonchev–Trinajstić information content (AvgIpc) is 2.14. The van der Waals surface area contributed by atoms with Crippen molar-refractivity contribution in [3.8, 4) is 0 Å². The molecule has 1 rings (SSSR count). The molecule has 0 saturated carbocycles. The van der Waals surface area contributed by atoms with Gasteiger partial charge in [-0.2, -0.15) is 0 Å². The van der Waals surface area contributed by atoms with Gasteiger partial charge < -0.3 is 15.4 Å². The average molecular weight is 265 g/mol. The molecule has 4 nitrogen and oxygen atoms in total. The van der Waals surface area contributed by atoms with Crippen LogP contribution in [0.3, 0.4) is 0 Å². The van der Waals surface area contributed by atoms with Gasteiger partial charge >= 0.3 is 6.09 Å². The zero-order valence-electron chi connectivity index (χ0n) is 11.2. The van der Waals surface area contributed by atoms with Crippen LogP contribution in [-0.2, 0) is 4.74 Å². The van der Waals surface area contributed by atoms with Crippen molar-refractivity contribution in [2.45, 2.75) is 64.6 Å². The molecule has 0 unspecified atom stereocenters. The van der Waals surface area contributed by atoms with E-state index in [1.807, 2.05) is 25.7 Å². The second kappa shape index (κ2) is 6.45. The number of nitrogens with zero attached hydrogens (tertiary/aromatic N) is 1. The summed E-state index contributed by atoms with van der Waals surface area (Å²) < 4.78 is 5.39. The van der Waals surface area contributed by atoms with Gasteiger partial charge in [-0.15, -0.1) is 12.4 Å². The fourth-order valence-electron chi connectivity index (χ4n) is 2.03. The summed E-state index contributed by atoms with van der Waals surface area (Å²) in [6, 6.07) is 0.460. The van der Waals surface area contributed by atoms with Gasteiger partial charge in [-0.25, -0.2) is 4.79 Å². The quantitative estimate of drug-likeness (QED) is 0.792. The first-order chi connectivity index (χ1) is 7.33. The van der Waals surface area contributed by atoms with Crippen molar-refractivity contribution < 1.29 is 9.53 Å². The number of rotatable bonds is 1. The van der Waals surface area contributed by atoms with Gasteiger partial charge in [0.05, 0.1) is 0 Å². The Kier molecular flexibility index (Phi) is 6.27. The Labute approximate surface area is 110 Å². The summed E-state index contributed by atoms with van der Waals surface area (Å²) >= 11 is 0. The predicted molar refractivity (Wildman–Crippen MR) is 71.5 cm³/mol. The molecule has 1 heterocycles. The fourth-order valence-corrected chi connectivity index (χ4v) is 2.03. The van der Waals surface area contributed by atoms with Crippen molar-refractivity contribution in [3.05, 3.63) is 0 Å². The van der Waals surface area contributed by atoms with Crippen LogP contribution in [0.4, 0.5) is 4.79 Å². The molecule has 0 aromatic carbocycles. The largest absolute Gasteiger partial charge is 0.444 e. The maximum absolute atomic E-state index is 12.0. The van der Waals surface area contributed by atoms with Crippen molar-refractivity contribution >= 4 is 18.5 Å². The Morgan fingerprint density at radius 3 is 2.53 bits per heavy atom. The zero-order chi connectivity index (χ0) is 12.3. The normalized spacial score (nSPS) is 25.1. The number of amides is 1. The molecule has 102 valence electrons. The number of carbonyl (C=O) groups excluding carboxylic acids is 1. The van der Waals surface area contributed by atoms with Crippen LogP contribution in [0.2, 0.25) is 0 Å². The van der Waals surface area contributed by atoms with E-state index in [1.165, 1.54) is 0 Å². The topological polar surface area (TPSA) is 55.6 Å². The van der Waals surface area contributed by atoms with Gasteiger partial charge in [0.25, 0.3) is 0 Å². The predicted octanol–water partition coefficient (Wildman–Crippen LogP) is 2.55. The monoisotopic (exact) mass is 264 g/mol. The van der Waals surface area contributed by atoms with E-state index in [4.69, 9.17) is 10.5 Å². The van der Waals surface area contributed by atoms with Gasteiger partial charge in [0, 0.05) is 18.6 Å². The first-order valence-corrected chi connectivity index (χ1v) is 6.08. The third kappa shape index (κ3) is 5.13. The van der Waals surface area contributed by atoms with E-state index in [1.54, 1.807) is 0 Å².